The van der Waals surface area contributed by atoms with Crippen molar-refractivity contribution in [3.63, 3.8) is 0 Å². The summed E-state index contributed by atoms with van der Waals surface area (Å²) >= 11 is -0.00548. The monoisotopic (exact) mass is 873 g/mol. The fourth-order valence-corrected chi connectivity index (χ4v) is 11.1. The summed E-state index contributed by atoms with van der Waals surface area (Å²) in [4.78, 5) is 29.8. The first-order valence-electron chi connectivity index (χ1n) is 20.4. The molecule has 0 radical (unpaired) electrons. The normalized spacial score (nSPS) is 26.9. The Morgan fingerprint density at radius 2 is 1.13 bits per heavy atom. The Morgan fingerprint density at radius 1 is 0.617 bits per heavy atom. The van der Waals surface area contributed by atoms with Crippen molar-refractivity contribution in [2.45, 2.75) is 85.5 Å². The van der Waals surface area contributed by atoms with Crippen LogP contribution in [0.4, 0.5) is 4.79 Å². The molecule has 3 saturated heterocycles. The first-order valence-corrected chi connectivity index (χ1v) is 22.6. The Morgan fingerprint density at radius 3 is 1.72 bits per heavy atom. The van der Waals surface area contributed by atoms with E-state index in [0.29, 0.717) is 18.8 Å². The molecule has 2 bridgehead atoms. The van der Waals surface area contributed by atoms with E-state index in [1.54, 1.807) is 29.2 Å². The number of hydrogen-bond donors (Lipinski definition) is 0. The third-order valence-electron chi connectivity index (χ3n) is 11.3. The standard InChI is InChI=1S/C49H47NO9Se/c51-47(37-24-14-5-15-25-37)58-46-44-41(40-32-60-48(46)57-40)50(49(52)59-44)39-26-38(31-53-27-33-16-6-1-7-17-33)42(54-28-34-18-8-2-9-19-34)45(56-30-36-22-12-4-13-23-36)43(39)55-29-35-20-10-3-11-21-35/h1-26,39-46,48H,27-32H2/t39-,40-,41-,42-,43+,44+,45+,46-,48+/m1/s1. The van der Waals surface area contributed by atoms with Gasteiger partial charge in [-0.1, -0.05) is 42.5 Å². The molecule has 60 heavy (non-hydrogen) atoms. The van der Waals surface area contributed by atoms with Gasteiger partial charge in [0, 0.05) is 0 Å². The number of carbonyl (C=O) groups excluding carboxylic acids is 2. The number of carbonyl (C=O) groups is 2. The van der Waals surface area contributed by atoms with Crippen LogP contribution in [0.3, 0.4) is 0 Å². The summed E-state index contributed by atoms with van der Waals surface area (Å²) in [5, 5.41) is 0.400. The predicted octanol–water partition coefficient (Wildman–Crippen LogP) is 7.54. The van der Waals surface area contributed by atoms with Gasteiger partial charge in [-0.25, -0.2) is 0 Å². The van der Waals surface area contributed by atoms with Crippen LogP contribution in [0.1, 0.15) is 32.6 Å². The number of hydrogen-bond acceptors (Lipinski definition) is 9. The molecule has 10 nitrogen and oxygen atoms in total. The molecule has 11 heteroatoms. The summed E-state index contributed by atoms with van der Waals surface area (Å²) in [5.41, 5.74) is 5.24. The van der Waals surface area contributed by atoms with Crippen molar-refractivity contribution in [2.24, 2.45) is 0 Å². The summed E-state index contributed by atoms with van der Waals surface area (Å²) in [6.45, 7) is 1.43. The number of ether oxygens (including phenoxy) is 7. The minimum atomic E-state index is -0.771. The molecule has 9 atom stereocenters. The molecule has 0 unspecified atom stereocenters. The summed E-state index contributed by atoms with van der Waals surface area (Å²) in [6, 6.07) is 47.6. The molecule has 0 aromatic heterocycles. The van der Waals surface area contributed by atoms with Crippen molar-refractivity contribution in [1.82, 2.24) is 4.90 Å². The average Bonchev–Trinajstić information content (AvgIpc) is 3.89. The second-order valence-corrected chi connectivity index (χ2v) is 17.7. The topological polar surface area (TPSA) is 102 Å². The van der Waals surface area contributed by atoms with E-state index in [9.17, 15) is 9.59 Å². The van der Waals surface area contributed by atoms with Crippen molar-refractivity contribution in [3.05, 3.63) is 191 Å². The van der Waals surface area contributed by atoms with E-state index in [1.807, 2.05) is 127 Å². The molecule has 0 spiro atoms. The van der Waals surface area contributed by atoms with Crippen LogP contribution >= 0.6 is 0 Å². The Labute approximate surface area is 356 Å². The zero-order valence-corrected chi connectivity index (χ0v) is 34.7. The van der Waals surface area contributed by atoms with Gasteiger partial charge in [-0.05, 0) is 0 Å². The van der Waals surface area contributed by atoms with Crippen LogP contribution in [0.5, 0.6) is 0 Å². The summed E-state index contributed by atoms with van der Waals surface area (Å²) in [7, 11) is 0. The van der Waals surface area contributed by atoms with E-state index >= 15 is 0 Å². The SMILES string of the molecule is O=C(O[C@@H]1[C@H]2OC(=O)N([C@@H]3C=C(COCc4ccccc4)[C@@H](OCc4ccccc4)[C@H](OCc4ccccc4)[C@H]3OCc3ccccc3)[C@@H]2[C@H]2C[Se][C@@H]1O2)c1ccccc1. The van der Waals surface area contributed by atoms with Crippen LogP contribution in [-0.4, -0.2) is 92.2 Å². The van der Waals surface area contributed by atoms with Gasteiger partial charge in [0.15, 0.2) is 0 Å². The zero-order valence-electron chi connectivity index (χ0n) is 33.0. The predicted molar refractivity (Wildman–Crippen MR) is 224 cm³/mol. The zero-order chi connectivity index (χ0) is 40.7. The van der Waals surface area contributed by atoms with Crippen molar-refractivity contribution >= 4 is 27.0 Å². The van der Waals surface area contributed by atoms with Gasteiger partial charge in [-0.2, -0.15) is 0 Å². The fraction of sp³-hybridized carbons (Fsp3) is 0.306. The van der Waals surface area contributed by atoms with Crippen LogP contribution in [0.2, 0.25) is 5.32 Å². The quantitative estimate of drug-likeness (QED) is 0.0566. The molecule has 0 N–H and O–H groups in total. The number of fused-ring (bicyclic) bond motifs is 4. The molecule has 0 saturated carbocycles. The average molecular weight is 873 g/mol. The van der Waals surface area contributed by atoms with E-state index in [0.717, 1.165) is 33.1 Å². The van der Waals surface area contributed by atoms with Crippen molar-refractivity contribution in [3.8, 4) is 0 Å². The number of benzene rings is 5. The Hall–Kier alpha value is -5.10. The molecule has 9 rings (SSSR count). The van der Waals surface area contributed by atoms with Gasteiger partial charge in [0.1, 0.15) is 0 Å². The van der Waals surface area contributed by atoms with Crippen LogP contribution in [0.25, 0.3) is 0 Å². The number of amides is 1. The van der Waals surface area contributed by atoms with Crippen LogP contribution < -0.4 is 0 Å². The van der Waals surface area contributed by atoms with E-state index in [-0.39, 0.29) is 45.9 Å². The number of rotatable bonds is 16. The molecular formula is C49H47NO9Se. The van der Waals surface area contributed by atoms with E-state index < -0.39 is 54.7 Å². The first kappa shape index (κ1) is 40.3. The van der Waals surface area contributed by atoms with Crippen LogP contribution in [0.15, 0.2) is 163 Å². The van der Waals surface area contributed by atoms with Gasteiger partial charge in [-0.3, -0.25) is 0 Å². The maximum absolute atomic E-state index is 14.5. The fourth-order valence-electron chi connectivity index (χ4n) is 8.42. The summed E-state index contributed by atoms with van der Waals surface area (Å²) in [6.07, 6.45) is -2.34. The number of esters is 1. The third kappa shape index (κ3) is 9.13. The molecular weight excluding hydrogens is 825 g/mol. The summed E-state index contributed by atoms with van der Waals surface area (Å²) < 4.78 is 46.4. The van der Waals surface area contributed by atoms with E-state index in [1.165, 1.54) is 0 Å². The van der Waals surface area contributed by atoms with Gasteiger partial charge in [-0.15, -0.1) is 0 Å². The van der Waals surface area contributed by atoms with E-state index in [4.69, 9.17) is 33.2 Å². The van der Waals surface area contributed by atoms with Gasteiger partial charge < -0.3 is 0 Å². The van der Waals surface area contributed by atoms with Gasteiger partial charge in [0.2, 0.25) is 0 Å². The molecule has 5 aromatic rings. The summed E-state index contributed by atoms with van der Waals surface area (Å²) in [5.74, 6) is -0.481. The number of nitrogens with zero attached hydrogens (tertiary/aromatic N) is 1. The molecule has 1 amide bonds. The molecule has 4 aliphatic rings. The Balaban J connectivity index is 1.10. The van der Waals surface area contributed by atoms with Gasteiger partial charge in [0.05, 0.1) is 0 Å². The maximum atomic E-state index is 14.5. The van der Waals surface area contributed by atoms with Gasteiger partial charge >= 0.3 is 315 Å². The molecule has 3 heterocycles. The molecule has 1 aliphatic carbocycles. The van der Waals surface area contributed by atoms with E-state index in [2.05, 4.69) is 6.08 Å². The molecule has 5 aromatic carbocycles. The molecule has 3 fully saturated rings. The Bertz CT molecular complexity index is 2200. The van der Waals surface area contributed by atoms with Crippen molar-refractivity contribution in [1.29, 1.82) is 0 Å². The molecule has 3 aliphatic heterocycles. The van der Waals surface area contributed by atoms with Gasteiger partial charge in [0.25, 0.3) is 0 Å². The first-order chi connectivity index (χ1) is 29.6. The Kier molecular flexibility index (Phi) is 12.8. The molecule has 308 valence electrons. The third-order valence-corrected chi connectivity index (χ3v) is 13.9. The second kappa shape index (κ2) is 19.1. The minimum absolute atomic E-state index is 0.00548. The van der Waals surface area contributed by atoms with Crippen molar-refractivity contribution in [2.75, 3.05) is 6.61 Å². The second-order valence-electron chi connectivity index (χ2n) is 15.3. The van der Waals surface area contributed by atoms with Crippen LogP contribution in [-0.2, 0) is 59.6 Å². The van der Waals surface area contributed by atoms with Crippen molar-refractivity contribution < 1.29 is 42.7 Å². The van der Waals surface area contributed by atoms with Crippen LogP contribution in [0, 0.1) is 0 Å².